The zero-order valence-electron chi connectivity index (χ0n) is 11.9. The van der Waals surface area contributed by atoms with E-state index in [1.165, 1.54) is 6.07 Å². The van der Waals surface area contributed by atoms with Crippen LogP contribution in [-0.4, -0.2) is 17.1 Å². The molecular formula is C16H19FN2O. The first-order valence-corrected chi connectivity index (χ1v) is 6.62. The third-order valence-electron chi connectivity index (χ3n) is 3.54. The van der Waals surface area contributed by atoms with E-state index in [1.54, 1.807) is 31.3 Å². The van der Waals surface area contributed by atoms with Crippen LogP contribution in [0.2, 0.25) is 0 Å². The van der Waals surface area contributed by atoms with Crippen LogP contribution in [0, 0.1) is 5.82 Å². The summed E-state index contributed by atoms with van der Waals surface area (Å²) in [5.74, 6) is 0.430. The Balaban J connectivity index is 2.37. The van der Waals surface area contributed by atoms with Crippen LogP contribution in [0.4, 0.5) is 10.2 Å². The van der Waals surface area contributed by atoms with E-state index in [-0.39, 0.29) is 11.9 Å². The van der Waals surface area contributed by atoms with Gasteiger partial charge in [-0.15, -0.1) is 0 Å². The molecule has 2 unspecified atom stereocenters. The molecule has 0 radical (unpaired) electrons. The van der Waals surface area contributed by atoms with Gasteiger partial charge in [-0.1, -0.05) is 24.3 Å². The van der Waals surface area contributed by atoms with E-state index in [0.29, 0.717) is 11.4 Å². The molecule has 0 saturated carbocycles. The first-order chi connectivity index (χ1) is 9.52. The Kier molecular flexibility index (Phi) is 4.35. The number of pyridine rings is 1. The van der Waals surface area contributed by atoms with Crippen LogP contribution < -0.4 is 4.90 Å². The van der Waals surface area contributed by atoms with E-state index < -0.39 is 6.10 Å². The molecule has 0 aliphatic heterocycles. The molecule has 2 aromatic rings. The standard InChI is InChI=1S/C16H19FN2O/c1-11(13-7-4-5-9-15(13)17)19(3)16-14(12(2)20)8-6-10-18-16/h4-12,20H,1-3H3. The quantitative estimate of drug-likeness (QED) is 0.927. The van der Waals surface area contributed by atoms with Crippen molar-refractivity contribution in [2.24, 2.45) is 0 Å². The highest BCUT2D eigenvalue weighted by Crippen LogP contribution is 2.30. The SMILES string of the molecule is CC(O)c1cccnc1N(C)C(C)c1ccccc1F. The van der Waals surface area contributed by atoms with Crippen LogP contribution in [0.3, 0.4) is 0 Å². The van der Waals surface area contributed by atoms with Gasteiger partial charge in [0.15, 0.2) is 0 Å². The van der Waals surface area contributed by atoms with Crippen molar-refractivity contribution in [1.82, 2.24) is 4.98 Å². The molecule has 0 amide bonds. The highest BCUT2D eigenvalue weighted by atomic mass is 19.1. The van der Waals surface area contributed by atoms with Crippen molar-refractivity contribution >= 4 is 5.82 Å². The molecule has 1 heterocycles. The molecule has 0 aliphatic rings. The summed E-state index contributed by atoms with van der Waals surface area (Å²) in [4.78, 5) is 6.20. The highest BCUT2D eigenvalue weighted by Gasteiger charge is 2.20. The van der Waals surface area contributed by atoms with Crippen molar-refractivity contribution in [3.05, 3.63) is 59.5 Å². The molecule has 2 rings (SSSR count). The van der Waals surface area contributed by atoms with E-state index in [2.05, 4.69) is 4.98 Å². The van der Waals surface area contributed by atoms with Crippen LogP contribution in [0.5, 0.6) is 0 Å². The first-order valence-electron chi connectivity index (χ1n) is 6.62. The second-order valence-electron chi connectivity index (χ2n) is 4.90. The minimum atomic E-state index is -0.617. The Bertz CT molecular complexity index is 586. The minimum absolute atomic E-state index is 0.177. The summed E-state index contributed by atoms with van der Waals surface area (Å²) in [5, 5.41) is 9.82. The van der Waals surface area contributed by atoms with Gasteiger partial charge in [-0.2, -0.15) is 0 Å². The zero-order chi connectivity index (χ0) is 14.7. The Hall–Kier alpha value is -1.94. The van der Waals surface area contributed by atoms with Crippen LogP contribution in [-0.2, 0) is 0 Å². The van der Waals surface area contributed by atoms with Crippen molar-refractivity contribution in [3.63, 3.8) is 0 Å². The molecule has 0 fully saturated rings. The Morgan fingerprint density at radius 2 is 1.75 bits per heavy atom. The second-order valence-corrected chi connectivity index (χ2v) is 4.90. The zero-order valence-corrected chi connectivity index (χ0v) is 11.9. The fourth-order valence-corrected chi connectivity index (χ4v) is 2.24. The molecule has 1 aromatic heterocycles. The summed E-state index contributed by atoms with van der Waals surface area (Å²) >= 11 is 0. The number of hydrogen-bond donors (Lipinski definition) is 1. The average Bonchev–Trinajstić information content (AvgIpc) is 2.46. The lowest BCUT2D eigenvalue weighted by molar-refractivity contribution is 0.199. The van der Waals surface area contributed by atoms with Crippen LogP contribution in [0.15, 0.2) is 42.6 Å². The first kappa shape index (κ1) is 14.5. The van der Waals surface area contributed by atoms with E-state index >= 15 is 0 Å². The van der Waals surface area contributed by atoms with Gasteiger partial charge in [0.05, 0.1) is 12.1 Å². The Labute approximate surface area is 118 Å². The summed E-state index contributed by atoms with van der Waals surface area (Å²) in [6.45, 7) is 3.61. The second kappa shape index (κ2) is 6.01. The lowest BCUT2D eigenvalue weighted by Gasteiger charge is -2.29. The van der Waals surface area contributed by atoms with Gasteiger partial charge in [-0.05, 0) is 26.0 Å². The summed E-state index contributed by atoms with van der Waals surface area (Å²) in [6.07, 6.45) is 1.06. The maximum absolute atomic E-state index is 13.9. The largest absolute Gasteiger partial charge is 0.389 e. The molecule has 2 atom stereocenters. The number of aliphatic hydroxyl groups excluding tert-OH is 1. The predicted molar refractivity (Wildman–Crippen MR) is 78.1 cm³/mol. The molecule has 3 nitrogen and oxygen atoms in total. The third-order valence-corrected chi connectivity index (χ3v) is 3.54. The number of nitrogens with zero attached hydrogens (tertiary/aromatic N) is 2. The molecule has 0 saturated heterocycles. The average molecular weight is 274 g/mol. The Morgan fingerprint density at radius 1 is 1.10 bits per heavy atom. The van der Waals surface area contributed by atoms with Crippen molar-refractivity contribution in [3.8, 4) is 0 Å². The smallest absolute Gasteiger partial charge is 0.134 e. The molecule has 20 heavy (non-hydrogen) atoms. The maximum atomic E-state index is 13.9. The number of hydrogen-bond acceptors (Lipinski definition) is 3. The van der Waals surface area contributed by atoms with Gasteiger partial charge < -0.3 is 10.0 Å². The molecule has 1 N–H and O–H groups in total. The number of halogens is 1. The van der Waals surface area contributed by atoms with Crippen LogP contribution >= 0.6 is 0 Å². The number of aromatic nitrogens is 1. The molecule has 0 aliphatic carbocycles. The number of rotatable bonds is 4. The molecule has 0 bridgehead atoms. The molecule has 4 heteroatoms. The van der Waals surface area contributed by atoms with Gasteiger partial charge in [-0.25, -0.2) is 9.37 Å². The normalized spacial score (nSPS) is 13.8. The molecule has 106 valence electrons. The Morgan fingerprint density at radius 3 is 2.40 bits per heavy atom. The van der Waals surface area contributed by atoms with E-state index in [1.807, 2.05) is 31.0 Å². The van der Waals surface area contributed by atoms with E-state index in [0.717, 1.165) is 5.56 Å². The minimum Gasteiger partial charge on any atom is -0.389 e. The predicted octanol–water partition coefficient (Wildman–Crippen LogP) is 3.47. The molecule has 1 aromatic carbocycles. The summed E-state index contributed by atoms with van der Waals surface area (Å²) in [6, 6.07) is 10.1. The summed E-state index contributed by atoms with van der Waals surface area (Å²) < 4.78 is 13.9. The summed E-state index contributed by atoms with van der Waals surface area (Å²) in [5.41, 5.74) is 1.34. The van der Waals surface area contributed by atoms with Crippen molar-refractivity contribution in [2.45, 2.75) is 26.0 Å². The fraction of sp³-hybridized carbons (Fsp3) is 0.312. The van der Waals surface area contributed by atoms with Gasteiger partial charge >= 0.3 is 0 Å². The number of anilines is 1. The molecule has 0 spiro atoms. The van der Waals surface area contributed by atoms with Gasteiger partial charge in [0.2, 0.25) is 0 Å². The topological polar surface area (TPSA) is 36.4 Å². The number of benzene rings is 1. The monoisotopic (exact) mass is 274 g/mol. The van der Waals surface area contributed by atoms with Gasteiger partial charge in [0.1, 0.15) is 11.6 Å². The fourth-order valence-electron chi connectivity index (χ4n) is 2.24. The lowest BCUT2D eigenvalue weighted by Crippen LogP contribution is -2.25. The highest BCUT2D eigenvalue weighted by molar-refractivity contribution is 5.49. The summed E-state index contributed by atoms with van der Waals surface area (Å²) in [7, 11) is 1.85. The van der Waals surface area contributed by atoms with E-state index in [9.17, 15) is 9.50 Å². The van der Waals surface area contributed by atoms with Crippen LogP contribution in [0.25, 0.3) is 0 Å². The van der Waals surface area contributed by atoms with Crippen molar-refractivity contribution in [2.75, 3.05) is 11.9 Å². The van der Waals surface area contributed by atoms with Gasteiger partial charge in [0, 0.05) is 24.4 Å². The van der Waals surface area contributed by atoms with Crippen molar-refractivity contribution < 1.29 is 9.50 Å². The van der Waals surface area contributed by atoms with Gasteiger partial charge in [0.25, 0.3) is 0 Å². The lowest BCUT2D eigenvalue weighted by atomic mass is 10.1. The van der Waals surface area contributed by atoms with Crippen LogP contribution in [0.1, 0.15) is 37.1 Å². The maximum Gasteiger partial charge on any atom is 0.134 e. The molecular weight excluding hydrogens is 255 g/mol. The third kappa shape index (κ3) is 2.80. The van der Waals surface area contributed by atoms with Crippen molar-refractivity contribution in [1.29, 1.82) is 0 Å². The number of aliphatic hydroxyl groups is 1. The van der Waals surface area contributed by atoms with Gasteiger partial charge in [-0.3, -0.25) is 0 Å². The van der Waals surface area contributed by atoms with E-state index in [4.69, 9.17) is 0 Å².